The first-order chi connectivity index (χ1) is 24.9. The highest BCUT2D eigenvalue weighted by molar-refractivity contribution is 6.19. The van der Waals surface area contributed by atoms with Crippen molar-refractivity contribution in [3.63, 3.8) is 0 Å². The maximum Gasteiger partial charge on any atom is 0.143 e. The van der Waals surface area contributed by atoms with Gasteiger partial charge in [-0.3, -0.25) is 0 Å². The summed E-state index contributed by atoms with van der Waals surface area (Å²) in [5.41, 5.74) is 6.62. The van der Waals surface area contributed by atoms with E-state index < -0.39 is 18.1 Å². The van der Waals surface area contributed by atoms with Gasteiger partial charge in [-0.1, -0.05) is 133 Å². The Morgan fingerprint density at radius 2 is 1.15 bits per heavy atom. The number of hydrogen-bond acceptors (Lipinski definition) is 2. The van der Waals surface area contributed by atoms with Gasteiger partial charge in [0, 0.05) is 33.1 Å². The highest BCUT2D eigenvalue weighted by Crippen LogP contribution is 2.46. The Morgan fingerprint density at radius 3 is 2.04 bits per heavy atom. The molecular formula is C44H29NO. The van der Waals surface area contributed by atoms with Gasteiger partial charge >= 0.3 is 0 Å². The summed E-state index contributed by atoms with van der Waals surface area (Å²) in [7, 11) is 0. The molecule has 0 aliphatic heterocycles. The van der Waals surface area contributed by atoms with Crippen molar-refractivity contribution < 1.29 is 11.3 Å². The summed E-state index contributed by atoms with van der Waals surface area (Å²) in [5.74, 6) is 0. The van der Waals surface area contributed by atoms with Gasteiger partial charge in [-0.2, -0.15) is 0 Å². The highest BCUT2D eigenvalue weighted by Gasteiger charge is 2.21. The van der Waals surface area contributed by atoms with Crippen molar-refractivity contribution in [1.29, 1.82) is 0 Å². The van der Waals surface area contributed by atoms with Crippen molar-refractivity contribution in [3.8, 4) is 22.3 Å². The number of benzene rings is 8. The molecule has 8 aromatic carbocycles. The molecule has 2 heteroatoms. The van der Waals surface area contributed by atoms with E-state index in [1.54, 1.807) is 4.90 Å². The zero-order valence-electron chi connectivity index (χ0n) is 29.7. The summed E-state index contributed by atoms with van der Waals surface area (Å²) in [6, 6.07) is 46.7. The van der Waals surface area contributed by atoms with E-state index in [1.807, 2.05) is 91.0 Å². The minimum atomic E-state index is -0.437. The van der Waals surface area contributed by atoms with Crippen molar-refractivity contribution in [2.45, 2.75) is 0 Å². The van der Waals surface area contributed by atoms with Crippen LogP contribution >= 0.6 is 0 Å². The number of para-hydroxylation sites is 2. The average molecular weight is 593 g/mol. The zero-order valence-corrected chi connectivity index (χ0v) is 24.7. The van der Waals surface area contributed by atoms with Gasteiger partial charge in [-0.15, -0.1) is 0 Å². The van der Waals surface area contributed by atoms with Crippen LogP contribution in [0.5, 0.6) is 0 Å². The third-order valence-electron chi connectivity index (χ3n) is 8.74. The van der Waals surface area contributed by atoms with Gasteiger partial charge in [0.25, 0.3) is 0 Å². The van der Waals surface area contributed by atoms with E-state index in [9.17, 15) is 0 Å². The fourth-order valence-electron chi connectivity index (χ4n) is 6.71. The molecule has 9 aromatic rings. The minimum absolute atomic E-state index is 0.0683. The summed E-state index contributed by atoms with van der Waals surface area (Å²) < 4.78 is 50.4. The number of furan rings is 1. The molecule has 0 unspecified atom stereocenters. The van der Waals surface area contributed by atoms with Crippen LogP contribution in [0.2, 0.25) is 0 Å². The Hall–Kier alpha value is -6.12. The normalized spacial score (nSPS) is 13.0. The average Bonchev–Trinajstić information content (AvgIpc) is 3.57. The lowest BCUT2D eigenvalue weighted by atomic mass is 9.95. The third-order valence-corrected chi connectivity index (χ3v) is 8.74. The molecule has 46 heavy (non-hydrogen) atoms. The molecule has 2 nitrogen and oxygen atoms in total. The van der Waals surface area contributed by atoms with Crippen LogP contribution in [-0.2, 0) is 0 Å². The second-order valence-electron chi connectivity index (χ2n) is 11.3. The lowest BCUT2D eigenvalue weighted by Gasteiger charge is -2.28. The molecule has 1 heterocycles. The zero-order chi connectivity index (χ0) is 34.8. The van der Waals surface area contributed by atoms with Gasteiger partial charge in [0.1, 0.15) is 11.2 Å². The number of rotatable bonds is 5. The number of nitrogens with zero attached hydrogens (tertiary/aromatic N) is 1. The monoisotopic (exact) mass is 592 g/mol. The van der Waals surface area contributed by atoms with Crippen LogP contribution in [0.1, 0.15) is 6.85 Å². The maximum atomic E-state index is 9.13. The molecular weight excluding hydrogens is 558 g/mol. The van der Waals surface area contributed by atoms with Crippen molar-refractivity contribution >= 4 is 60.5 Å². The molecule has 0 fully saturated rings. The minimum Gasteiger partial charge on any atom is -0.455 e. The lowest BCUT2D eigenvalue weighted by molar-refractivity contribution is 0.673. The largest absolute Gasteiger partial charge is 0.455 e. The van der Waals surface area contributed by atoms with Crippen molar-refractivity contribution in [2.75, 3.05) is 4.90 Å². The fraction of sp³-hybridized carbons (Fsp3) is 0. The molecule has 9 rings (SSSR count). The Kier molecular flexibility index (Phi) is 5.06. The van der Waals surface area contributed by atoms with Gasteiger partial charge in [-0.05, 0) is 75.3 Å². The van der Waals surface area contributed by atoms with E-state index in [4.69, 9.17) is 11.3 Å². The first-order valence-corrected chi connectivity index (χ1v) is 15.3. The summed E-state index contributed by atoms with van der Waals surface area (Å²) >= 11 is 0. The van der Waals surface area contributed by atoms with E-state index in [-0.39, 0.29) is 17.8 Å². The van der Waals surface area contributed by atoms with E-state index in [0.29, 0.717) is 11.4 Å². The summed E-state index contributed by atoms with van der Waals surface area (Å²) in [6.45, 7) is 0. The van der Waals surface area contributed by atoms with E-state index >= 15 is 0 Å². The highest BCUT2D eigenvalue weighted by atomic mass is 16.3. The van der Waals surface area contributed by atoms with E-state index in [1.165, 1.54) is 0 Å². The van der Waals surface area contributed by atoms with Crippen LogP contribution in [0.15, 0.2) is 180 Å². The first kappa shape index (κ1) is 21.6. The molecule has 0 spiro atoms. The summed E-state index contributed by atoms with van der Waals surface area (Å²) in [5, 5.41) is 6.23. The Morgan fingerprint density at radius 1 is 0.478 bits per heavy atom. The topological polar surface area (TPSA) is 16.4 Å². The van der Waals surface area contributed by atoms with Gasteiger partial charge in [0.15, 0.2) is 0 Å². The quantitative estimate of drug-likeness (QED) is 0.198. The molecule has 0 bridgehead atoms. The Bertz CT molecular complexity index is 2810. The second kappa shape index (κ2) is 10.8. The smallest absolute Gasteiger partial charge is 0.143 e. The van der Waals surface area contributed by atoms with Crippen molar-refractivity contribution in [3.05, 3.63) is 176 Å². The van der Waals surface area contributed by atoms with Crippen LogP contribution in [0, 0.1) is 0 Å². The number of anilines is 3. The van der Waals surface area contributed by atoms with Crippen LogP contribution in [0.4, 0.5) is 17.1 Å². The van der Waals surface area contributed by atoms with Crippen LogP contribution in [-0.4, -0.2) is 0 Å². The Balaban J connectivity index is 1.34. The predicted molar refractivity (Wildman–Crippen MR) is 194 cm³/mol. The fourth-order valence-corrected chi connectivity index (χ4v) is 6.71. The third kappa shape index (κ3) is 4.27. The SMILES string of the molecule is [2H]c1c([2H])c([2H])c(N(c2cccc(-c3cccc4ccccc34)c2)c2ccccc2-c2cccc3oc4c5ccccc5ccc4c23)c([2H])c1[2H]. The number of hydrogen-bond donors (Lipinski definition) is 0. The number of fused-ring (bicyclic) bond motifs is 6. The first-order valence-electron chi connectivity index (χ1n) is 17.8. The molecule has 0 saturated carbocycles. The standard InChI is InChI=1S/C44H29NO/c1-2-17-33(18-3-1)45(34-19-10-16-32(29-34)36-23-11-15-30-13-4-6-20-35(30)36)41-25-9-8-22-38(41)39-24-12-26-42-43(39)40-28-27-31-14-5-7-21-37(31)44(40)46-42/h1-29H/i1D,2D,3D,17D,18D. The second-order valence-corrected chi connectivity index (χ2v) is 11.3. The lowest BCUT2D eigenvalue weighted by Crippen LogP contribution is -2.11. The van der Waals surface area contributed by atoms with Gasteiger partial charge < -0.3 is 9.32 Å². The molecule has 1 aromatic heterocycles. The molecule has 0 N–H and O–H groups in total. The molecule has 0 aliphatic rings. The van der Waals surface area contributed by atoms with Crippen molar-refractivity contribution in [2.24, 2.45) is 0 Å². The molecule has 0 aliphatic carbocycles. The summed E-state index contributed by atoms with van der Waals surface area (Å²) in [4.78, 5) is 1.81. The van der Waals surface area contributed by atoms with E-state index in [2.05, 4.69) is 54.6 Å². The van der Waals surface area contributed by atoms with Gasteiger partial charge in [-0.25, -0.2) is 0 Å². The summed E-state index contributed by atoms with van der Waals surface area (Å²) in [6.07, 6.45) is 0. The molecule has 0 atom stereocenters. The van der Waals surface area contributed by atoms with Crippen LogP contribution in [0.3, 0.4) is 0 Å². The van der Waals surface area contributed by atoms with Crippen molar-refractivity contribution in [1.82, 2.24) is 0 Å². The van der Waals surface area contributed by atoms with Gasteiger partial charge in [0.2, 0.25) is 0 Å². The van der Waals surface area contributed by atoms with E-state index in [0.717, 1.165) is 65.7 Å². The molecule has 0 saturated heterocycles. The van der Waals surface area contributed by atoms with Crippen LogP contribution < -0.4 is 4.90 Å². The molecule has 216 valence electrons. The van der Waals surface area contributed by atoms with Crippen LogP contribution in [0.25, 0.3) is 65.7 Å². The predicted octanol–water partition coefficient (Wildman–Crippen LogP) is 12.7. The molecule has 0 amide bonds. The Labute approximate surface area is 274 Å². The maximum absolute atomic E-state index is 9.13. The molecule has 0 radical (unpaired) electrons. The van der Waals surface area contributed by atoms with Gasteiger partial charge in [0.05, 0.1) is 12.5 Å².